The van der Waals surface area contributed by atoms with Crippen molar-refractivity contribution in [3.05, 3.63) is 35.9 Å². The van der Waals surface area contributed by atoms with Crippen LogP contribution >= 0.6 is 11.8 Å². The molecule has 0 spiro atoms. The van der Waals surface area contributed by atoms with E-state index in [0.29, 0.717) is 12.0 Å². The van der Waals surface area contributed by atoms with Crippen molar-refractivity contribution in [2.75, 3.05) is 6.61 Å². The number of esters is 1. The molecule has 0 aliphatic carbocycles. The number of β-lactam (4-membered cyclic amide) rings is 1. The second-order valence-electron chi connectivity index (χ2n) is 8.30. The molecular formula is C22H28N4O8S. The van der Waals surface area contributed by atoms with Crippen LogP contribution in [0.25, 0.3) is 0 Å². The number of hydrazine groups is 1. The zero-order valence-electron chi connectivity index (χ0n) is 19.7. The molecule has 0 saturated carbocycles. The largest absolute Gasteiger partial charge is 0.511 e. The minimum atomic E-state index is -1.21. The number of ether oxygens (including phenoxy) is 3. The molecule has 2 heterocycles. The van der Waals surface area contributed by atoms with E-state index in [1.54, 1.807) is 51.1 Å². The van der Waals surface area contributed by atoms with E-state index in [1.807, 2.05) is 0 Å². The van der Waals surface area contributed by atoms with Crippen LogP contribution in [-0.2, 0) is 33.4 Å². The molecule has 0 radical (unpaired) electrons. The van der Waals surface area contributed by atoms with E-state index >= 15 is 0 Å². The van der Waals surface area contributed by atoms with E-state index in [0.717, 1.165) is 0 Å². The molecule has 2 saturated heterocycles. The number of nitrogens with zero attached hydrogens (tertiary/aromatic N) is 1. The molecule has 2 fully saturated rings. The van der Waals surface area contributed by atoms with Gasteiger partial charge in [-0.2, -0.15) is 0 Å². The highest BCUT2D eigenvalue weighted by Crippen LogP contribution is 2.51. The summed E-state index contributed by atoms with van der Waals surface area (Å²) >= 11 is 1.35. The normalized spacial score (nSPS) is 23.7. The lowest BCUT2D eigenvalue weighted by Crippen LogP contribution is -2.71. The monoisotopic (exact) mass is 508 g/mol. The van der Waals surface area contributed by atoms with E-state index in [-0.39, 0.29) is 6.61 Å². The number of hydrogen-bond donors (Lipinski definition) is 3. The topological polar surface area (TPSA) is 152 Å². The Morgan fingerprint density at radius 3 is 2.51 bits per heavy atom. The summed E-state index contributed by atoms with van der Waals surface area (Å²) in [5, 5.41) is 2.21. The van der Waals surface area contributed by atoms with Crippen LogP contribution in [-0.4, -0.2) is 70.4 Å². The number of amides is 3. The minimum absolute atomic E-state index is 0.106. The number of fused-ring (bicyclic) bond motifs is 1. The molecule has 13 heteroatoms. The van der Waals surface area contributed by atoms with E-state index in [9.17, 15) is 24.0 Å². The molecule has 3 rings (SSSR count). The van der Waals surface area contributed by atoms with Gasteiger partial charge < -0.3 is 24.4 Å². The maximum atomic E-state index is 13.0. The highest BCUT2D eigenvalue weighted by molar-refractivity contribution is 8.01. The Bertz CT molecular complexity index is 975. The summed E-state index contributed by atoms with van der Waals surface area (Å²) in [5.74, 6) is -1.71. The van der Waals surface area contributed by atoms with Gasteiger partial charge in [0, 0.05) is 11.7 Å². The van der Waals surface area contributed by atoms with Crippen LogP contribution in [0.1, 0.15) is 39.3 Å². The lowest BCUT2D eigenvalue weighted by Gasteiger charge is -2.44. The first-order valence-electron chi connectivity index (χ1n) is 10.9. The molecule has 1 unspecified atom stereocenters. The lowest BCUT2D eigenvalue weighted by atomic mass is 9.95. The van der Waals surface area contributed by atoms with Crippen molar-refractivity contribution in [3.8, 4) is 0 Å². The first kappa shape index (κ1) is 26.3. The zero-order chi connectivity index (χ0) is 25.8. The SMILES string of the molecule is CCOC(=O)O[C@H](C)OC(=O)[C@@H]1N2C(=O)[C@H](NC(=O)C(NNC=O)c3ccccc3)[C@H]2SC1(C)C. The zero-order valence-corrected chi connectivity index (χ0v) is 20.5. The predicted octanol–water partition coefficient (Wildman–Crippen LogP) is 0.588. The molecular weight excluding hydrogens is 480 g/mol. The van der Waals surface area contributed by atoms with Gasteiger partial charge in [-0.1, -0.05) is 30.3 Å². The van der Waals surface area contributed by atoms with Gasteiger partial charge in [0.25, 0.3) is 0 Å². The van der Waals surface area contributed by atoms with E-state index in [1.165, 1.54) is 23.6 Å². The van der Waals surface area contributed by atoms with Gasteiger partial charge in [0.15, 0.2) is 0 Å². The molecule has 1 aromatic rings. The molecule has 3 amide bonds. The summed E-state index contributed by atoms with van der Waals surface area (Å²) < 4.78 is 14.0. The average molecular weight is 509 g/mol. The van der Waals surface area contributed by atoms with Gasteiger partial charge >= 0.3 is 12.1 Å². The van der Waals surface area contributed by atoms with Gasteiger partial charge in [0.05, 0.1) is 6.61 Å². The van der Waals surface area contributed by atoms with Crippen molar-refractivity contribution >= 4 is 42.1 Å². The number of carbonyl (C=O) groups excluding carboxylic acids is 5. The van der Waals surface area contributed by atoms with Crippen LogP contribution in [0.5, 0.6) is 0 Å². The fourth-order valence-electron chi connectivity index (χ4n) is 3.97. The van der Waals surface area contributed by atoms with Gasteiger partial charge in [0.2, 0.25) is 24.5 Å². The Morgan fingerprint density at radius 1 is 1.20 bits per heavy atom. The Labute approximate surface area is 206 Å². The van der Waals surface area contributed by atoms with Crippen molar-refractivity contribution in [2.24, 2.45) is 0 Å². The smallest absolute Gasteiger partial charge is 0.435 e. The van der Waals surface area contributed by atoms with Crippen LogP contribution in [0, 0.1) is 0 Å². The number of benzene rings is 1. The molecule has 0 aromatic heterocycles. The number of thioether (sulfide) groups is 1. The second-order valence-corrected chi connectivity index (χ2v) is 10.1. The van der Waals surface area contributed by atoms with Gasteiger partial charge in [-0.15, -0.1) is 11.8 Å². The number of rotatable bonds is 10. The standard InChI is InChI=1S/C22H28N4O8S/c1-5-32-21(31)34-12(2)33-20(30)16-22(3,4)35-19-15(18(29)26(16)19)24-17(28)14(25-23-11-27)13-9-7-6-8-10-13/h6-12,14-16,19,25H,5H2,1-4H3,(H,23,27)(H,24,28)/t12-,14?,15+,16+,19-/m1/s1. The summed E-state index contributed by atoms with van der Waals surface area (Å²) in [7, 11) is 0. The Kier molecular flexibility index (Phi) is 8.22. The molecule has 190 valence electrons. The summed E-state index contributed by atoms with van der Waals surface area (Å²) in [6.45, 7) is 6.65. The fourth-order valence-corrected chi connectivity index (χ4v) is 5.59. The molecule has 5 atom stereocenters. The van der Waals surface area contributed by atoms with E-state index < -0.39 is 58.5 Å². The number of nitrogens with one attached hydrogen (secondary N) is 3. The van der Waals surface area contributed by atoms with Gasteiger partial charge in [0.1, 0.15) is 23.5 Å². The van der Waals surface area contributed by atoms with Crippen molar-refractivity contribution in [1.29, 1.82) is 0 Å². The molecule has 2 aliphatic heterocycles. The van der Waals surface area contributed by atoms with Crippen LogP contribution in [0.4, 0.5) is 4.79 Å². The van der Waals surface area contributed by atoms with Crippen LogP contribution in [0.3, 0.4) is 0 Å². The third-order valence-electron chi connectivity index (χ3n) is 5.45. The quantitative estimate of drug-likeness (QED) is 0.135. The van der Waals surface area contributed by atoms with Crippen molar-refractivity contribution in [3.63, 3.8) is 0 Å². The van der Waals surface area contributed by atoms with Gasteiger partial charge in [-0.05, 0) is 26.3 Å². The van der Waals surface area contributed by atoms with E-state index in [4.69, 9.17) is 9.47 Å². The third-order valence-corrected chi connectivity index (χ3v) is 7.02. The number of carbonyl (C=O) groups is 5. The molecule has 1 aromatic carbocycles. The maximum absolute atomic E-state index is 13.0. The fraction of sp³-hybridized carbons (Fsp3) is 0.500. The van der Waals surface area contributed by atoms with E-state index in [2.05, 4.69) is 20.9 Å². The number of hydrogen-bond acceptors (Lipinski definition) is 10. The molecule has 3 N–H and O–H groups in total. The Hall–Kier alpha value is -3.32. The van der Waals surface area contributed by atoms with Crippen molar-refractivity contribution < 1.29 is 38.2 Å². The van der Waals surface area contributed by atoms with Crippen molar-refractivity contribution in [1.82, 2.24) is 21.1 Å². The first-order valence-corrected chi connectivity index (χ1v) is 11.8. The summed E-state index contributed by atoms with van der Waals surface area (Å²) in [5.41, 5.74) is 5.47. The van der Waals surface area contributed by atoms with Crippen LogP contribution in [0.15, 0.2) is 30.3 Å². The van der Waals surface area contributed by atoms with Gasteiger partial charge in [-0.25, -0.2) is 15.0 Å². The summed E-state index contributed by atoms with van der Waals surface area (Å²) in [6, 6.07) is 5.92. The van der Waals surface area contributed by atoms with Crippen LogP contribution < -0.4 is 16.2 Å². The lowest BCUT2D eigenvalue weighted by molar-refractivity contribution is -0.180. The Morgan fingerprint density at radius 2 is 1.89 bits per heavy atom. The molecule has 35 heavy (non-hydrogen) atoms. The highest BCUT2D eigenvalue weighted by Gasteiger charge is 2.64. The maximum Gasteiger partial charge on any atom is 0.511 e. The molecule has 0 bridgehead atoms. The highest BCUT2D eigenvalue weighted by atomic mass is 32.2. The molecule has 12 nitrogen and oxygen atoms in total. The summed E-state index contributed by atoms with van der Waals surface area (Å²) in [6.07, 6.45) is -1.78. The van der Waals surface area contributed by atoms with Gasteiger partial charge in [-0.3, -0.25) is 19.8 Å². The first-order chi connectivity index (χ1) is 16.6. The minimum Gasteiger partial charge on any atom is -0.435 e. The predicted molar refractivity (Wildman–Crippen MR) is 123 cm³/mol. The molecule has 2 aliphatic rings. The average Bonchev–Trinajstić information content (AvgIpc) is 3.06. The van der Waals surface area contributed by atoms with Crippen LogP contribution in [0.2, 0.25) is 0 Å². The Balaban J connectivity index is 1.67. The second kappa shape index (κ2) is 11.0. The third kappa shape index (κ3) is 5.68. The van der Waals surface area contributed by atoms with Crippen molar-refractivity contribution in [2.45, 2.75) is 62.2 Å². The summed E-state index contributed by atoms with van der Waals surface area (Å²) in [4.78, 5) is 62.5.